The van der Waals surface area contributed by atoms with Crippen LogP contribution in [-0.4, -0.2) is 40.9 Å². The van der Waals surface area contributed by atoms with Crippen molar-refractivity contribution in [3.05, 3.63) is 33.3 Å². The van der Waals surface area contributed by atoms with Gasteiger partial charge in [0.25, 0.3) is 5.69 Å². The minimum absolute atomic E-state index is 0.0255. The summed E-state index contributed by atoms with van der Waals surface area (Å²) in [5.74, 6) is 0.0329. The van der Waals surface area contributed by atoms with E-state index in [0.29, 0.717) is 31.6 Å². The zero-order valence-electron chi connectivity index (χ0n) is 12.5. The molecule has 1 aromatic rings. The highest BCUT2D eigenvalue weighted by atomic mass is 35.5. The molecular weight excluding hydrogens is 324 g/mol. The first-order valence-corrected chi connectivity index (χ1v) is 7.51. The maximum absolute atomic E-state index is 12.0. The van der Waals surface area contributed by atoms with Gasteiger partial charge in [-0.05, 0) is 18.9 Å². The molecule has 0 saturated carbocycles. The third-order valence-electron chi connectivity index (χ3n) is 3.69. The van der Waals surface area contributed by atoms with E-state index in [1.807, 2.05) is 0 Å². The Hall–Kier alpha value is -2.35. The lowest BCUT2D eigenvalue weighted by molar-refractivity contribution is -0.384. The highest BCUT2D eigenvalue weighted by Crippen LogP contribution is 2.26. The fraction of sp³-hybridized carbons (Fsp3) is 0.429. The Morgan fingerprint density at radius 1 is 1.35 bits per heavy atom. The van der Waals surface area contributed by atoms with Crippen LogP contribution in [0, 0.1) is 10.1 Å². The first-order chi connectivity index (χ1) is 10.9. The highest BCUT2D eigenvalue weighted by molar-refractivity contribution is 6.33. The summed E-state index contributed by atoms with van der Waals surface area (Å²) in [5.41, 5.74) is 0.161. The molecule has 3 amide bonds. The van der Waals surface area contributed by atoms with Gasteiger partial charge in [0, 0.05) is 38.2 Å². The highest BCUT2D eigenvalue weighted by Gasteiger charge is 2.22. The van der Waals surface area contributed by atoms with Crippen LogP contribution in [0.15, 0.2) is 18.2 Å². The molecule has 1 saturated heterocycles. The number of non-ortho nitro benzene ring substituents is 1. The van der Waals surface area contributed by atoms with Crippen molar-refractivity contribution in [1.82, 2.24) is 10.2 Å². The zero-order valence-corrected chi connectivity index (χ0v) is 13.3. The van der Waals surface area contributed by atoms with E-state index in [1.165, 1.54) is 25.1 Å². The molecule has 2 N–H and O–H groups in total. The number of nitrogens with one attached hydrogen (secondary N) is 2. The van der Waals surface area contributed by atoms with Crippen molar-refractivity contribution in [1.29, 1.82) is 0 Å². The van der Waals surface area contributed by atoms with Crippen molar-refractivity contribution in [2.24, 2.45) is 0 Å². The molecule has 0 aliphatic carbocycles. The van der Waals surface area contributed by atoms with Gasteiger partial charge in [0.15, 0.2) is 0 Å². The number of nitro groups is 1. The van der Waals surface area contributed by atoms with E-state index < -0.39 is 11.0 Å². The largest absolute Gasteiger partial charge is 0.343 e. The Labute approximate surface area is 137 Å². The number of carbonyl (C=O) groups excluding carboxylic acids is 2. The normalized spacial score (nSPS) is 15.1. The minimum atomic E-state index is -0.557. The number of carbonyl (C=O) groups is 2. The molecule has 0 radical (unpaired) electrons. The SMILES string of the molecule is CC(=O)N1CCC(NC(=O)Nc2ccc([N+](=O)[O-])cc2Cl)CC1. The third-order valence-corrected chi connectivity index (χ3v) is 4.00. The average Bonchev–Trinajstić information content (AvgIpc) is 2.49. The molecule has 8 nitrogen and oxygen atoms in total. The number of likely N-dealkylation sites (tertiary alicyclic amines) is 1. The summed E-state index contributed by atoms with van der Waals surface area (Å²) >= 11 is 5.92. The number of benzene rings is 1. The number of hydrogen-bond acceptors (Lipinski definition) is 4. The van der Waals surface area contributed by atoms with Gasteiger partial charge in [-0.25, -0.2) is 4.79 Å². The van der Waals surface area contributed by atoms with Gasteiger partial charge < -0.3 is 15.5 Å². The second kappa shape index (κ2) is 7.28. The van der Waals surface area contributed by atoms with E-state index >= 15 is 0 Å². The molecule has 1 aromatic carbocycles. The smallest absolute Gasteiger partial charge is 0.319 e. The van der Waals surface area contributed by atoms with Crippen LogP contribution in [0.1, 0.15) is 19.8 Å². The topological polar surface area (TPSA) is 105 Å². The molecule has 9 heteroatoms. The lowest BCUT2D eigenvalue weighted by Crippen LogP contribution is -2.47. The van der Waals surface area contributed by atoms with Crippen LogP contribution < -0.4 is 10.6 Å². The van der Waals surface area contributed by atoms with E-state index in [9.17, 15) is 19.7 Å². The van der Waals surface area contributed by atoms with Crippen LogP contribution in [0.3, 0.4) is 0 Å². The van der Waals surface area contributed by atoms with Crippen LogP contribution >= 0.6 is 11.6 Å². The Bertz CT molecular complexity index is 629. The number of piperidine rings is 1. The summed E-state index contributed by atoms with van der Waals surface area (Å²) in [6.45, 7) is 2.74. The number of halogens is 1. The Balaban J connectivity index is 1.88. The van der Waals surface area contributed by atoms with Gasteiger partial charge in [0.2, 0.25) is 5.91 Å². The summed E-state index contributed by atoms with van der Waals surface area (Å²) in [6, 6.07) is 3.39. The number of hydrogen-bond donors (Lipinski definition) is 2. The number of nitro benzene ring substituents is 1. The van der Waals surface area contributed by atoms with Gasteiger partial charge >= 0.3 is 6.03 Å². The lowest BCUT2D eigenvalue weighted by Gasteiger charge is -2.31. The molecule has 2 rings (SSSR count). The Morgan fingerprint density at radius 2 is 2.00 bits per heavy atom. The Morgan fingerprint density at radius 3 is 2.52 bits per heavy atom. The van der Waals surface area contributed by atoms with E-state index in [4.69, 9.17) is 11.6 Å². The second-order valence-electron chi connectivity index (χ2n) is 5.30. The molecule has 124 valence electrons. The number of rotatable bonds is 3. The minimum Gasteiger partial charge on any atom is -0.343 e. The van der Waals surface area contributed by atoms with Crippen molar-refractivity contribution in [2.75, 3.05) is 18.4 Å². The molecule has 0 atom stereocenters. The number of nitrogens with zero attached hydrogens (tertiary/aromatic N) is 2. The molecule has 0 unspecified atom stereocenters. The fourth-order valence-corrected chi connectivity index (χ4v) is 2.62. The molecule has 0 aromatic heterocycles. The molecule has 0 bridgehead atoms. The predicted molar refractivity (Wildman–Crippen MR) is 85.5 cm³/mol. The number of amides is 3. The van der Waals surface area contributed by atoms with Gasteiger partial charge in [-0.2, -0.15) is 0 Å². The number of anilines is 1. The van der Waals surface area contributed by atoms with Crippen molar-refractivity contribution in [2.45, 2.75) is 25.8 Å². The van der Waals surface area contributed by atoms with Crippen LogP contribution in [0.25, 0.3) is 0 Å². The predicted octanol–water partition coefficient (Wildman–Crippen LogP) is 2.38. The molecule has 1 aliphatic heterocycles. The van der Waals surface area contributed by atoms with Crippen LogP contribution in [-0.2, 0) is 4.79 Å². The second-order valence-corrected chi connectivity index (χ2v) is 5.71. The summed E-state index contributed by atoms with van der Waals surface area (Å²) in [6.07, 6.45) is 1.36. The third kappa shape index (κ3) is 4.56. The van der Waals surface area contributed by atoms with E-state index in [1.54, 1.807) is 4.90 Å². The summed E-state index contributed by atoms with van der Waals surface area (Å²) in [7, 11) is 0. The standard InChI is InChI=1S/C14H17ClN4O4/c1-9(20)18-6-4-10(5-7-18)16-14(21)17-13-3-2-11(19(22)23)8-12(13)15/h2-3,8,10H,4-7H2,1H3,(H2,16,17,21). The van der Waals surface area contributed by atoms with Crippen molar-refractivity contribution >= 4 is 34.9 Å². The van der Waals surface area contributed by atoms with Gasteiger partial charge in [-0.1, -0.05) is 11.6 Å². The average molecular weight is 341 g/mol. The quantitative estimate of drug-likeness (QED) is 0.651. The molecule has 0 spiro atoms. The molecule has 1 aliphatic rings. The van der Waals surface area contributed by atoms with Crippen molar-refractivity contribution < 1.29 is 14.5 Å². The fourth-order valence-electron chi connectivity index (χ4n) is 2.40. The van der Waals surface area contributed by atoms with Crippen LogP contribution in [0.5, 0.6) is 0 Å². The zero-order chi connectivity index (χ0) is 17.0. The first-order valence-electron chi connectivity index (χ1n) is 7.14. The monoisotopic (exact) mass is 340 g/mol. The maximum atomic E-state index is 12.0. The molecule has 1 fully saturated rings. The van der Waals surface area contributed by atoms with Crippen LogP contribution in [0.4, 0.5) is 16.2 Å². The lowest BCUT2D eigenvalue weighted by atomic mass is 10.1. The van der Waals surface area contributed by atoms with E-state index in [-0.39, 0.29) is 22.7 Å². The molecule has 23 heavy (non-hydrogen) atoms. The summed E-state index contributed by atoms with van der Waals surface area (Å²) in [4.78, 5) is 35.0. The van der Waals surface area contributed by atoms with Gasteiger partial charge in [-0.15, -0.1) is 0 Å². The summed E-state index contributed by atoms with van der Waals surface area (Å²) < 4.78 is 0. The van der Waals surface area contributed by atoms with Gasteiger partial charge in [-0.3, -0.25) is 14.9 Å². The van der Waals surface area contributed by atoms with Crippen molar-refractivity contribution in [3.8, 4) is 0 Å². The maximum Gasteiger partial charge on any atom is 0.319 e. The van der Waals surface area contributed by atoms with E-state index in [2.05, 4.69) is 10.6 Å². The molecule has 1 heterocycles. The van der Waals surface area contributed by atoms with Gasteiger partial charge in [0.05, 0.1) is 15.6 Å². The van der Waals surface area contributed by atoms with Crippen molar-refractivity contribution in [3.63, 3.8) is 0 Å². The van der Waals surface area contributed by atoms with Crippen LogP contribution in [0.2, 0.25) is 5.02 Å². The summed E-state index contributed by atoms with van der Waals surface area (Å²) in [5, 5.41) is 16.1. The Kier molecular flexibility index (Phi) is 5.38. The van der Waals surface area contributed by atoms with E-state index in [0.717, 1.165) is 0 Å². The first kappa shape index (κ1) is 17.0. The number of urea groups is 1. The molecular formula is C14H17ClN4O4. The van der Waals surface area contributed by atoms with Gasteiger partial charge in [0.1, 0.15) is 0 Å².